The van der Waals surface area contributed by atoms with Crippen molar-refractivity contribution in [2.75, 3.05) is 38.4 Å². The predicted octanol–water partition coefficient (Wildman–Crippen LogP) is 0.735. The summed E-state index contributed by atoms with van der Waals surface area (Å²) in [4.78, 5) is 33.4. The van der Waals surface area contributed by atoms with Gasteiger partial charge in [-0.05, 0) is 18.4 Å². The van der Waals surface area contributed by atoms with Crippen LogP contribution in [0.15, 0.2) is 34.5 Å². The zero-order valence-electron chi connectivity index (χ0n) is 16.5. The number of anilines is 1. The van der Waals surface area contributed by atoms with E-state index in [1.807, 2.05) is 6.26 Å². The average molecular weight is 417 g/mol. The molecule has 0 aromatic carbocycles. The summed E-state index contributed by atoms with van der Waals surface area (Å²) in [7, 11) is 3.25. The molecule has 0 saturated carbocycles. The van der Waals surface area contributed by atoms with E-state index >= 15 is 0 Å². The van der Waals surface area contributed by atoms with Gasteiger partial charge in [0.25, 0.3) is 11.5 Å². The predicted molar refractivity (Wildman–Crippen MR) is 111 cm³/mol. The molecule has 0 aliphatic heterocycles. The van der Waals surface area contributed by atoms with Gasteiger partial charge in [0, 0.05) is 33.4 Å². The topological polar surface area (TPSA) is 116 Å². The second-order valence-electron chi connectivity index (χ2n) is 6.18. The highest BCUT2D eigenvalue weighted by Crippen LogP contribution is 2.23. The summed E-state index contributed by atoms with van der Waals surface area (Å²) in [6.07, 6.45) is 5.21. The Morgan fingerprint density at radius 3 is 2.90 bits per heavy atom. The smallest absolute Gasteiger partial charge is 0.263 e. The summed E-state index contributed by atoms with van der Waals surface area (Å²) >= 11 is 1.44. The number of amides is 1. The molecule has 3 aromatic heterocycles. The molecule has 3 rings (SSSR count). The van der Waals surface area contributed by atoms with Crippen LogP contribution in [-0.4, -0.2) is 63.3 Å². The van der Waals surface area contributed by atoms with Gasteiger partial charge in [-0.25, -0.2) is 14.6 Å². The number of aryl methyl sites for hydroxylation is 1. The molecule has 0 unspecified atom stereocenters. The number of nitrogens with zero attached hydrogens (tertiary/aromatic N) is 5. The molecule has 2 N–H and O–H groups in total. The minimum Gasteiger partial charge on any atom is -0.383 e. The lowest BCUT2D eigenvalue weighted by Crippen LogP contribution is -2.33. The SMILES string of the molecule is COCCNc1nc(SC)nc2c1cnn2CCNC(=O)c1cccn(C)c1=O. The first-order chi connectivity index (χ1) is 14.0. The van der Waals surface area contributed by atoms with E-state index in [1.165, 1.54) is 22.4 Å². The summed E-state index contributed by atoms with van der Waals surface area (Å²) in [5.41, 5.74) is 0.449. The van der Waals surface area contributed by atoms with Crippen molar-refractivity contribution in [3.8, 4) is 0 Å². The summed E-state index contributed by atoms with van der Waals surface area (Å²) in [6, 6.07) is 3.17. The summed E-state index contributed by atoms with van der Waals surface area (Å²) in [6.45, 7) is 1.88. The van der Waals surface area contributed by atoms with Gasteiger partial charge in [-0.3, -0.25) is 9.59 Å². The monoisotopic (exact) mass is 417 g/mol. The van der Waals surface area contributed by atoms with Gasteiger partial charge in [0.1, 0.15) is 11.4 Å². The summed E-state index contributed by atoms with van der Waals surface area (Å²) in [5.74, 6) is 0.281. The van der Waals surface area contributed by atoms with Crippen LogP contribution in [0.2, 0.25) is 0 Å². The third-order valence-corrected chi connectivity index (χ3v) is 4.78. The highest BCUT2D eigenvalue weighted by molar-refractivity contribution is 7.98. The first-order valence-corrected chi connectivity index (χ1v) is 10.2. The van der Waals surface area contributed by atoms with Crippen molar-refractivity contribution in [3.63, 3.8) is 0 Å². The molecule has 3 heterocycles. The largest absolute Gasteiger partial charge is 0.383 e. The Labute approximate surface area is 171 Å². The van der Waals surface area contributed by atoms with E-state index in [9.17, 15) is 9.59 Å². The van der Waals surface area contributed by atoms with E-state index in [2.05, 4.69) is 25.7 Å². The zero-order chi connectivity index (χ0) is 20.8. The van der Waals surface area contributed by atoms with Crippen molar-refractivity contribution in [2.24, 2.45) is 7.05 Å². The second kappa shape index (κ2) is 9.52. The van der Waals surface area contributed by atoms with E-state index in [4.69, 9.17) is 4.74 Å². The van der Waals surface area contributed by atoms with E-state index in [0.29, 0.717) is 42.9 Å². The second-order valence-corrected chi connectivity index (χ2v) is 6.95. The number of hydrogen-bond donors (Lipinski definition) is 2. The normalized spacial score (nSPS) is 11.0. The summed E-state index contributed by atoms with van der Waals surface area (Å²) in [5, 5.41) is 11.8. The minimum absolute atomic E-state index is 0.108. The summed E-state index contributed by atoms with van der Waals surface area (Å²) < 4.78 is 8.15. The fourth-order valence-corrected chi connectivity index (χ4v) is 3.10. The number of pyridine rings is 1. The van der Waals surface area contributed by atoms with Gasteiger partial charge in [0.2, 0.25) is 0 Å². The molecule has 0 aliphatic carbocycles. The Morgan fingerprint density at radius 2 is 2.14 bits per heavy atom. The fraction of sp³-hybridized carbons (Fsp3) is 0.389. The molecule has 0 saturated heterocycles. The van der Waals surface area contributed by atoms with E-state index in [-0.39, 0.29) is 11.1 Å². The fourth-order valence-electron chi connectivity index (χ4n) is 2.74. The maximum absolute atomic E-state index is 12.3. The Balaban J connectivity index is 1.73. The number of nitrogens with one attached hydrogen (secondary N) is 2. The van der Waals surface area contributed by atoms with Crippen LogP contribution in [-0.2, 0) is 18.3 Å². The number of carbonyl (C=O) groups excluding carboxylic acids is 1. The van der Waals surface area contributed by atoms with Crippen LogP contribution in [0.3, 0.4) is 0 Å². The number of carbonyl (C=O) groups is 1. The first kappa shape index (κ1) is 20.8. The maximum atomic E-state index is 12.3. The highest BCUT2D eigenvalue weighted by Gasteiger charge is 2.14. The Bertz CT molecular complexity index is 1060. The van der Waals surface area contributed by atoms with Crippen LogP contribution in [0.4, 0.5) is 5.82 Å². The van der Waals surface area contributed by atoms with Gasteiger partial charge in [0.15, 0.2) is 10.8 Å². The Kier molecular flexibility index (Phi) is 6.83. The molecular weight excluding hydrogens is 394 g/mol. The zero-order valence-corrected chi connectivity index (χ0v) is 17.3. The van der Waals surface area contributed by atoms with Crippen molar-refractivity contribution in [3.05, 3.63) is 40.4 Å². The van der Waals surface area contributed by atoms with Crippen LogP contribution in [0.1, 0.15) is 10.4 Å². The lowest BCUT2D eigenvalue weighted by molar-refractivity contribution is 0.0950. The molecule has 0 bridgehead atoms. The van der Waals surface area contributed by atoms with E-state index in [0.717, 1.165) is 5.39 Å². The van der Waals surface area contributed by atoms with Crippen LogP contribution in [0, 0.1) is 0 Å². The molecule has 0 spiro atoms. The van der Waals surface area contributed by atoms with Crippen molar-refractivity contribution < 1.29 is 9.53 Å². The van der Waals surface area contributed by atoms with Crippen molar-refractivity contribution in [1.29, 1.82) is 0 Å². The lowest BCUT2D eigenvalue weighted by atomic mass is 10.2. The molecular formula is C18H23N7O3S. The molecule has 29 heavy (non-hydrogen) atoms. The van der Waals surface area contributed by atoms with Crippen LogP contribution >= 0.6 is 11.8 Å². The van der Waals surface area contributed by atoms with Gasteiger partial charge < -0.3 is 19.9 Å². The van der Waals surface area contributed by atoms with Gasteiger partial charge in [-0.15, -0.1) is 0 Å². The third-order valence-electron chi connectivity index (χ3n) is 4.23. The number of rotatable bonds is 9. The number of ether oxygens (including phenoxy) is 1. The molecule has 11 heteroatoms. The standard InChI is InChI=1S/C18H23N7O3S/c1-24-8-4-5-12(17(24)27)16(26)20-6-9-25-15-13(11-21-25)14(19-7-10-28-2)22-18(23-15)29-3/h4-5,8,11H,6-7,9-10H2,1-3H3,(H,20,26)(H,19,22,23). The van der Waals surface area contributed by atoms with Gasteiger partial charge in [-0.2, -0.15) is 5.10 Å². The highest BCUT2D eigenvalue weighted by atomic mass is 32.2. The van der Waals surface area contributed by atoms with Crippen LogP contribution in [0.25, 0.3) is 11.0 Å². The molecule has 0 radical (unpaired) electrons. The van der Waals surface area contributed by atoms with E-state index < -0.39 is 5.91 Å². The number of aromatic nitrogens is 5. The minimum atomic E-state index is -0.413. The number of thioether (sulfide) groups is 1. The van der Waals surface area contributed by atoms with Crippen molar-refractivity contribution in [2.45, 2.75) is 11.7 Å². The van der Waals surface area contributed by atoms with Crippen molar-refractivity contribution in [1.82, 2.24) is 29.6 Å². The molecule has 0 fully saturated rings. The number of methoxy groups -OCH3 is 1. The Hall–Kier alpha value is -2.92. The molecule has 154 valence electrons. The molecule has 0 aliphatic rings. The Morgan fingerprint density at radius 1 is 1.31 bits per heavy atom. The van der Waals surface area contributed by atoms with Crippen LogP contribution < -0.4 is 16.2 Å². The average Bonchev–Trinajstić information content (AvgIpc) is 3.13. The molecule has 3 aromatic rings. The van der Waals surface area contributed by atoms with Gasteiger partial charge >= 0.3 is 0 Å². The number of fused-ring (bicyclic) bond motifs is 1. The molecule has 10 nitrogen and oxygen atoms in total. The molecule has 0 atom stereocenters. The number of hydrogen-bond acceptors (Lipinski definition) is 8. The van der Waals surface area contributed by atoms with Crippen molar-refractivity contribution >= 4 is 34.5 Å². The van der Waals surface area contributed by atoms with E-state index in [1.54, 1.807) is 37.3 Å². The third kappa shape index (κ3) is 4.74. The maximum Gasteiger partial charge on any atom is 0.263 e. The van der Waals surface area contributed by atoms with Crippen LogP contribution in [0.5, 0.6) is 0 Å². The quantitative estimate of drug-likeness (QED) is 0.297. The van der Waals surface area contributed by atoms with Gasteiger partial charge in [-0.1, -0.05) is 11.8 Å². The lowest BCUT2D eigenvalue weighted by Gasteiger charge is -2.09. The van der Waals surface area contributed by atoms with Gasteiger partial charge in [0.05, 0.1) is 24.7 Å². The first-order valence-electron chi connectivity index (χ1n) is 8.99. The molecule has 1 amide bonds.